The van der Waals surface area contributed by atoms with Gasteiger partial charge in [-0.3, -0.25) is 5.10 Å². The summed E-state index contributed by atoms with van der Waals surface area (Å²) in [6.07, 6.45) is 0. The number of benzene rings is 1. The van der Waals surface area contributed by atoms with Gasteiger partial charge in [0.15, 0.2) is 5.15 Å². The summed E-state index contributed by atoms with van der Waals surface area (Å²) in [7, 11) is 1.45. The fraction of sp³-hybridized carbons (Fsp3) is 0. The van der Waals surface area contributed by atoms with Crippen LogP contribution in [0.3, 0.4) is 0 Å². The molecule has 0 unspecified atom stereocenters. The summed E-state index contributed by atoms with van der Waals surface area (Å²) in [5.41, 5.74) is 0.326. The Morgan fingerprint density at radius 2 is 2.07 bits per heavy atom. The predicted octanol–water partition coefficient (Wildman–Crippen LogP) is 2.14. The van der Waals surface area contributed by atoms with Crippen LogP contribution in [0.25, 0.3) is 10.9 Å². The number of aromatic amines is 1. The standard InChI is InChI=1S/C7H4Cl2N2O2S/c8-7-4-2-1-3-5(14(9,12)13)6(4)10-11-7/h1-3H,(H,10,11). The first-order valence-electron chi connectivity index (χ1n) is 3.57. The van der Waals surface area contributed by atoms with Crippen molar-refractivity contribution < 1.29 is 8.42 Å². The van der Waals surface area contributed by atoms with Crippen LogP contribution in [-0.2, 0) is 9.05 Å². The van der Waals surface area contributed by atoms with E-state index in [4.69, 9.17) is 22.3 Å². The van der Waals surface area contributed by atoms with Gasteiger partial charge in [-0.15, -0.1) is 0 Å². The zero-order valence-corrected chi connectivity index (χ0v) is 8.99. The van der Waals surface area contributed by atoms with Crippen molar-refractivity contribution in [3.8, 4) is 0 Å². The molecule has 1 N–H and O–H groups in total. The van der Waals surface area contributed by atoms with Crippen molar-refractivity contribution in [2.45, 2.75) is 4.90 Å². The van der Waals surface area contributed by atoms with Crippen LogP contribution in [-0.4, -0.2) is 18.6 Å². The Bertz CT molecular complexity index is 591. The first kappa shape index (κ1) is 9.76. The SMILES string of the molecule is O=S(=O)(Cl)c1cccc2c(Cl)n[nH]c12. The van der Waals surface area contributed by atoms with E-state index < -0.39 is 9.05 Å². The van der Waals surface area contributed by atoms with Crippen LogP contribution in [0.15, 0.2) is 23.1 Å². The van der Waals surface area contributed by atoms with E-state index in [0.29, 0.717) is 10.9 Å². The van der Waals surface area contributed by atoms with Crippen LogP contribution in [0, 0.1) is 0 Å². The summed E-state index contributed by atoms with van der Waals surface area (Å²) in [6, 6.07) is 4.60. The van der Waals surface area contributed by atoms with Crippen molar-refractivity contribution in [2.75, 3.05) is 0 Å². The minimum atomic E-state index is -3.77. The Morgan fingerprint density at radius 3 is 2.71 bits per heavy atom. The maximum absolute atomic E-state index is 11.1. The number of H-pyrrole nitrogens is 1. The van der Waals surface area contributed by atoms with Gasteiger partial charge in [-0.25, -0.2) is 8.42 Å². The number of hydrogen-bond donors (Lipinski definition) is 1. The van der Waals surface area contributed by atoms with Crippen LogP contribution in [0.5, 0.6) is 0 Å². The maximum Gasteiger partial charge on any atom is 0.263 e. The van der Waals surface area contributed by atoms with Gasteiger partial charge in [0.25, 0.3) is 9.05 Å². The highest BCUT2D eigenvalue weighted by Crippen LogP contribution is 2.27. The summed E-state index contributed by atoms with van der Waals surface area (Å²) in [6.45, 7) is 0. The zero-order valence-electron chi connectivity index (χ0n) is 6.66. The normalized spacial score (nSPS) is 12.1. The Hall–Kier alpha value is -0.780. The van der Waals surface area contributed by atoms with E-state index in [2.05, 4.69) is 10.2 Å². The molecule has 0 spiro atoms. The van der Waals surface area contributed by atoms with Crippen molar-refractivity contribution in [1.29, 1.82) is 0 Å². The van der Waals surface area contributed by atoms with E-state index in [0.717, 1.165) is 0 Å². The molecule has 0 aliphatic rings. The number of rotatable bonds is 1. The fourth-order valence-corrected chi connectivity index (χ4v) is 2.41. The predicted molar refractivity (Wildman–Crippen MR) is 54.1 cm³/mol. The molecular weight excluding hydrogens is 247 g/mol. The third-order valence-electron chi connectivity index (χ3n) is 1.78. The molecule has 1 aromatic heterocycles. The summed E-state index contributed by atoms with van der Waals surface area (Å²) in [5.74, 6) is 0. The van der Waals surface area contributed by atoms with Crippen molar-refractivity contribution >= 4 is 42.2 Å². The molecule has 4 nitrogen and oxygen atoms in total. The van der Waals surface area contributed by atoms with E-state index in [1.54, 1.807) is 12.1 Å². The molecule has 0 amide bonds. The minimum Gasteiger partial charge on any atom is -0.275 e. The van der Waals surface area contributed by atoms with Gasteiger partial charge in [0.2, 0.25) is 0 Å². The fourth-order valence-electron chi connectivity index (χ4n) is 1.19. The number of nitrogens with one attached hydrogen (secondary N) is 1. The van der Waals surface area contributed by atoms with E-state index in [-0.39, 0.29) is 10.0 Å². The molecule has 1 heterocycles. The van der Waals surface area contributed by atoms with Gasteiger partial charge >= 0.3 is 0 Å². The van der Waals surface area contributed by atoms with E-state index in [9.17, 15) is 8.42 Å². The molecule has 0 radical (unpaired) electrons. The Labute approximate surface area is 89.2 Å². The van der Waals surface area contributed by atoms with Gasteiger partial charge < -0.3 is 0 Å². The second-order valence-electron chi connectivity index (χ2n) is 2.63. The Kier molecular flexibility index (Phi) is 2.17. The van der Waals surface area contributed by atoms with Crippen molar-refractivity contribution in [3.05, 3.63) is 23.4 Å². The molecule has 74 valence electrons. The number of aromatic nitrogens is 2. The Morgan fingerprint density at radius 1 is 1.36 bits per heavy atom. The molecular formula is C7H4Cl2N2O2S. The molecule has 0 fully saturated rings. The molecule has 0 atom stereocenters. The van der Waals surface area contributed by atoms with Crippen molar-refractivity contribution in [1.82, 2.24) is 10.2 Å². The lowest BCUT2D eigenvalue weighted by Gasteiger charge is -1.96. The molecule has 0 aliphatic carbocycles. The number of hydrogen-bond acceptors (Lipinski definition) is 3. The smallest absolute Gasteiger partial charge is 0.263 e. The second kappa shape index (κ2) is 3.12. The molecule has 7 heteroatoms. The molecule has 1 aromatic carbocycles. The van der Waals surface area contributed by atoms with E-state index >= 15 is 0 Å². The Balaban J connectivity index is 2.92. The summed E-state index contributed by atoms with van der Waals surface area (Å²) in [4.78, 5) is -0.0175. The van der Waals surface area contributed by atoms with Crippen LogP contribution in [0.4, 0.5) is 0 Å². The lowest BCUT2D eigenvalue weighted by atomic mass is 10.3. The average molecular weight is 251 g/mol. The molecule has 0 bridgehead atoms. The van der Waals surface area contributed by atoms with Gasteiger partial charge in [0.1, 0.15) is 4.90 Å². The quantitative estimate of drug-likeness (QED) is 0.790. The van der Waals surface area contributed by atoms with Gasteiger partial charge in [-0.2, -0.15) is 5.10 Å². The van der Waals surface area contributed by atoms with Gasteiger partial charge in [0.05, 0.1) is 5.52 Å². The lowest BCUT2D eigenvalue weighted by Crippen LogP contribution is -1.91. The third-order valence-corrected chi connectivity index (χ3v) is 3.43. The van der Waals surface area contributed by atoms with Crippen molar-refractivity contribution in [2.24, 2.45) is 0 Å². The first-order chi connectivity index (χ1) is 6.50. The molecule has 14 heavy (non-hydrogen) atoms. The molecule has 0 saturated heterocycles. The van der Waals surface area contributed by atoms with E-state index in [1.807, 2.05) is 0 Å². The summed E-state index contributed by atoms with van der Waals surface area (Å²) >= 11 is 5.71. The second-order valence-corrected chi connectivity index (χ2v) is 5.52. The topological polar surface area (TPSA) is 62.8 Å². The summed E-state index contributed by atoms with van der Waals surface area (Å²) < 4.78 is 22.3. The van der Waals surface area contributed by atoms with Crippen LogP contribution in [0.2, 0.25) is 5.15 Å². The molecule has 2 aromatic rings. The highest BCUT2D eigenvalue weighted by Gasteiger charge is 2.16. The number of para-hydroxylation sites is 1. The van der Waals surface area contributed by atoms with Crippen LogP contribution < -0.4 is 0 Å². The van der Waals surface area contributed by atoms with Crippen molar-refractivity contribution in [3.63, 3.8) is 0 Å². The zero-order chi connectivity index (χ0) is 10.3. The van der Waals surface area contributed by atoms with E-state index in [1.165, 1.54) is 6.07 Å². The summed E-state index contributed by atoms with van der Waals surface area (Å²) in [5, 5.41) is 6.96. The largest absolute Gasteiger partial charge is 0.275 e. The molecule has 0 aliphatic heterocycles. The molecule has 2 rings (SSSR count). The minimum absolute atomic E-state index is 0.0175. The average Bonchev–Trinajstić information content (AvgIpc) is 2.46. The highest BCUT2D eigenvalue weighted by atomic mass is 35.7. The maximum atomic E-state index is 11.1. The molecule has 0 saturated carbocycles. The van der Waals surface area contributed by atoms with Gasteiger partial charge in [0, 0.05) is 16.1 Å². The first-order valence-corrected chi connectivity index (χ1v) is 6.26. The van der Waals surface area contributed by atoms with Crippen LogP contribution in [0.1, 0.15) is 0 Å². The monoisotopic (exact) mass is 250 g/mol. The third kappa shape index (κ3) is 1.47. The van der Waals surface area contributed by atoms with Gasteiger partial charge in [-0.1, -0.05) is 17.7 Å². The number of nitrogens with zero attached hydrogens (tertiary/aromatic N) is 1. The lowest BCUT2D eigenvalue weighted by molar-refractivity contribution is 0.610. The van der Waals surface area contributed by atoms with Gasteiger partial charge in [-0.05, 0) is 12.1 Å². The van der Waals surface area contributed by atoms with Crippen LogP contribution >= 0.6 is 22.3 Å². The number of halogens is 2. The highest BCUT2D eigenvalue weighted by molar-refractivity contribution is 8.14. The number of fused-ring (bicyclic) bond motifs is 1.